The van der Waals surface area contributed by atoms with Gasteiger partial charge in [0.2, 0.25) is 0 Å². The lowest BCUT2D eigenvalue weighted by molar-refractivity contribution is 0.360. The van der Waals surface area contributed by atoms with Crippen LogP contribution in [0.4, 0.5) is 0 Å². The molecule has 1 aliphatic heterocycles. The van der Waals surface area contributed by atoms with Crippen molar-refractivity contribution < 1.29 is 9.47 Å². The predicted octanol–water partition coefficient (Wildman–Crippen LogP) is 9.23. The first-order valence-electron chi connectivity index (χ1n) is 11.5. The molecule has 0 bridgehead atoms. The minimum Gasteiger partial charge on any atom is -0.449 e. The summed E-state index contributed by atoms with van der Waals surface area (Å²) >= 11 is 12.6. The van der Waals surface area contributed by atoms with Crippen molar-refractivity contribution in [2.45, 2.75) is 5.41 Å². The molecule has 3 aliphatic rings. The van der Waals surface area contributed by atoms with Crippen molar-refractivity contribution in [1.29, 1.82) is 0 Å². The molecule has 4 heteroatoms. The number of fused-ring (bicyclic) bond motifs is 13. The maximum absolute atomic E-state index is 6.52. The minimum absolute atomic E-state index is 0.421. The largest absolute Gasteiger partial charge is 0.449 e. The first-order valence-corrected chi connectivity index (χ1v) is 12.2. The lowest BCUT2D eigenvalue weighted by Crippen LogP contribution is -2.25. The van der Waals surface area contributed by atoms with E-state index in [4.69, 9.17) is 32.7 Å². The minimum atomic E-state index is -0.421. The fourth-order valence-corrected chi connectivity index (χ4v) is 6.52. The number of rotatable bonds is 0. The average molecular weight is 491 g/mol. The van der Waals surface area contributed by atoms with Crippen molar-refractivity contribution in [3.05, 3.63) is 129 Å². The normalized spacial score (nSPS) is 14.7. The molecule has 0 N–H and O–H groups in total. The number of hydrogen-bond acceptors (Lipinski definition) is 2. The van der Waals surface area contributed by atoms with E-state index in [1.165, 1.54) is 33.4 Å². The fraction of sp³-hybridized carbons (Fsp3) is 0.0323. The summed E-state index contributed by atoms with van der Waals surface area (Å²) < 4.78 is 12.8. The summed E-state index contributed by atoms with van der Waals surface area (Å²) in [6.45, 7) is 0. The van der Waals surface area contributed by atoms with E-state index in [9.17, 15) is 0 Å². The third-order valence-corrected chi connectivity index (χ3v) is 8.22. The van der Waals surface area contributed by atoms with Gasteiger partial charge in [-0.05, 0) is 45.0 Å². The molecule has 35 heavy (non-hydrogen) atoms. The summed E-state index contributed by atoms with van der Waals surface area (Å²) in [5.41, 5.74) is 9.36. The van der Waals surface area contributed by atoms with Crippen LogP contribution < -0.4 is 9.47 Å². The Balaban J connectivity index is 1.48. The summed E-state index contributed by atoms with van der Waals surface area (Å²) in [5.74, 6) is 2.50. The Kier molecular flexibility index (Phi) is 3.74. The van der Waals surface area contributed by atoms with E-state index in [0.717, 1.165) is 11.1 Å². The molecular formula is C31H16Cl2O2. The highest BCUT2D eigenvalue weighted by Crippen LogP contribution is 2.66. The highest BCUT2D eigenvalue weighted by molar-refractivity contribution is 6.42. The summed E-state index contributed by atoms with van der Waals surface area (Å²) in [5, 5.41) is 0.864. The van der Waals surface area contributed by atoms with Crippen LogP contribution in [-0.2, 0) is 5.41 Å². The van der Waals surface area contributed by atoms with Crippen molar-refractivity contribution >= 4 is 23.2 Å². The summed E-state index contributed by atoms with van der Waals surface area (Å²) in [6.07, 6.45) is 0. The van der Waals surface area contributed by atoms with Crippen molar-refractivity contribution in [2.24, 2.45) is 0 Å². The van der Waals surface area contributed by atoms with Crippen molar-refractivity contribution in [3.8, 4) is 45.3 Å². The van der Waals surface area contributed by atoms with E-state index in [1.54, 1.807) is 12.1 Å². The molecule has 0 atom stereocenters. The molecule has 8 rings (SSSR count). The number of halogens is 2. The van der Waals surface area contributed by atoms with Crippen LogP contribution in [0.1, 0.15) is 22.3 Å². The summed E-state index contributed by atoms with van der Waals surface area (Å²) in [7, 11) is 0. The van der Waals surface area contributed by atoms with Gasteiger partial charge in [0.05, 0.1) is 15.5 Å². The van der Waals surface area contributed by atoms with Crippen LogP contribution in [0.5, 0.6) is 23.0 Å². The molecule has 2 nitrogen and oxygen atoms in total. The SMILES string of the molecule is Clc1cc2c(cc1Cl)Oc1c(ccc3c1-c1ccccc1C31c3ccccc3-c3ccccc31)O2. The predicted molar refractivity (Wildman–Crippen MR) is 139 cm³/mol. The van der Waals surface area contributed by atoms with Crippen LogP contribution in [0.25, 0.3) is 22.3 Å². The Hall–Kier alpha value is -3.72. The molecule has 0 fully saturated rings. The maximum atomic E-state index is 6.52. The quantitative estimate of drug-likeness (QED) is 0.211. The number of hydrogen-bond donors (Lipinski definition) is 0. The zero-order valence-corrected chi connectivity index (χ0v) is 19.8. The second kappa shape index (κ2) is 6.69. The number of benzene rings is 5. The van der Waals surface area contributed by atoms with E-state index in [1.807, 2.05) is 6.07 Å². The Bertz CT molecular complexity index is 1690. The molecule has 0 amide bonds. The molecule has 0 radical (unpaired) electrons. The second-order valence-corrected chi connectivity index (χ2v) is 9.93. The van der Waals surface area contributed by atoms with Gasteiger partial charge in [0.1, 0.15) is 0 Å². The average Bonchev–Trinajstić information content (AvgIpc) is 3.36. The van der Waals surface area contributed by atoms with Crippen LogP contribution >= 0.6 is 23.2 Å². The molecule has 1 spiro atoms. The molecule has 5 aromatic carbocycles. The molecule has 0 saturated carbocycles. The second-order valence-electron chi connectivity index (χ2n) is 9.12. The zero-order valence-electron chi connectivity index (χ0n) is 18.3. The highest BCUT2D eigenvalue weighted by Gasteiger charge is 2.52. The topological polar surface area (TPSA) is 18.5 Å². The summed E-state index contributed by atoms with van der Waals surface area (Å²) in [4.78, 5) is 0. The van der Waals surface area contributed by atoms with E-state index in [0.29, 0.717) is 33.0 Å². The zero-order chi connectivity index (χ0) is 23.3. The van der Waals surface area contributed by atoms with Gasteiger partial charge >= 0.3 is 0 Å². The van der Waals surface area contributed by atoms with Crippen molar-refractivity contribution in [2.75, 3.05) is 0 Å². The van der Waals surface area contributed by atoms with Gasteiger partial charge in [-0.15, -0.1) is 0 Å². The standard InChI is InChI=1S/C31H16Cl2O2/c32-24-15-27-28(16-25(24)33)35-30-26(34-27)14-13-23-29(30)19-9-3-6-12-22(19)31(23)20-10-4-1-7-17(20)18-8-2-5-11-21(18)31/h1-16H. The molecular weight excluding hydrogens is 475 g/mol. The third kappa shape index (κ3) is 2.31. The Morgan fingerprint density at radius 2 is 1.00 bits per heavy atom. The van der Waals surface area contributed by atoms with Crippen LogP contribution in [0, 0.1) is 0 Å². The maximum Gasteiger partial charge on any atom is 0.178 e. The smallest absolute Gasteiger partial charge is 0.178 e. The van der Waals surface area contributed by atoms with Gasteiger partial charge in [-0.25, -0.2) is 0 Å². The molecule has 2 aliphatic carbocycles. The van der Waals surface area contributed by atoms with Gasteiger partial charge in [-0.1, -0.05) is 102 Å². The van der Waals surface area contributed by atoms with Crippen molar-refractivity contribution in [3.63, 3.8) is 0 Å². The van der Waals surface area contributed by atoms with E-state index in [2.05, 4.69) is 78.9 Å². The molecule has 0 saturated heterocycles. The van der Waals surface area contributed by atoms with Gasteiger partial charge in [-0.3, -0.25) is 0 Å². The van der Waals surface area contributed by atoms with Crippen LogP contribution in [0.3, 0.4) is 0 Å². The van der Waals surface area contributed by atoms with Gasteiger partial charge in [0.15, 0.2) is 23.0 Å². The molecule has 166 valence electrons. The monoisotopic (exact) mass is 490 g/mol. The molecule has 1 heterocycles. The van der Waals surface area contributed by atoms with E-state index < -0.39 is 5.41 Å². The lowest BCUT2D eigenvalue weighted by Gasteiger charge is -2.31. The van der Waals surface area contributed by atoms with Crippen LogP contribution in [-0.4, -0.2) is 0 Å². The number of ether oxygens (including phenoxy) is 2. The third-order valence-electron chi connectivity index (χ3n) is 7.50. The molecule has 0 unspecified atom stereocenters. The van der Waals surface area contributed by atoms with Crippen LogP contribution in [0.15, 0.2) is 97.1 Å². The first-order chi connectivity index (χ1) is 17.2. The van der Waals surface area contributed by atoms with Crippen LogP contribution in [0.2, 0.25) is 10.0 Å². The van der Waals surface area contributed by atoms with Gasteiger partial charge in [0, 0.05) is 17.7 Å². The molecule has 5 aromatic rings. The highest BCUT2D eigenvalue weighted by atomic mass is 35.5. The Labute approximate surface area is 212 Å². The van der Waals surface area contributed by atoms with Gasteiger partial charge in [0.25, 0.3) is 0 Å². The Morgan fingerprint density at radius 1 is 0.486 bits per heavy atom. The molecule has 0 aromatic heterocycles. The van der Waals surface area contributed by atoms with Crippen molar-refractivity contribution in [1.82, 2.24) is 0 Å². The van der Waals surface area contributed by atoms with E-state index in [-0.39, 0.29) is 0 Å². The first kappa shape index (κ1) is 19.6. The summed E-state index contributed by atoms with van der Waals surface area (Å²) in [6, 6.07) is 33.7. The fourth-order valence-electron chi connectivity index (χ4n) is 6.21. The van der Waals surface area contributed by atoms with E-state index >= 15 is 0 Å². The van der Waals surface area contributed by atoms with Gasteiger partial charge < -0.3 is 9.47 Å². The Morgan fingerprint density at radius 3 is 1.63 bits per heavy atom. The lowest BCUT2D eigenvalue weighted by atomic mass is 9.70. The van der Waals surface area contributed by atoms with Gasteiger partial charge in [-0.2, -0.15) is 0 Å².